The van der Waals surface area contributed by atoms with Crippen LogP contribution in [0, 0.1) is 17.1 Å². The lowest BCUT2D eigenvalue weighted by atomic mass is 10.1. The van der Waals surface area contributed by atoms with E-state index in [2.05, 4.69) is 27.3 Å². The number of halogens is 2. The number of nitriles is 1. The SMILES string of the molecule is CCOC(=O)C(Nc1cccc(Br)c1C#N)c1ccc(F)cc1. The highest BCUT2D eigenvalue weighted by Crippen LogP contribution is 2.28. The van der Waals surface area contributed by atoms with Gasteiger partial charge in [-0.25, -0.2) is 9.18 Å². The lowest BCUT2D eigenvalue weighted by molar-refractivity contribution is -0.144. The Kier molecular flexibility index (Phi) is 5.72. The van der Waals surface area contributed by atoms with E-state index in [0.717, 1.165) is 0 Å². The summed E-state index contributed by atoms with van der Waals surface area (Å²) in [5.41, 5.74) is 1.42. The van der Waals surface area contributed by atoms with Crippen molar-refractivity contribution in [1.29, 1.82) is 5.26 Å². The fourth-order valence-corrected chi connectivity index (χ4v) is 2.53. The van der Waals surface area contributed by atoms with Gasteiger partial charge in [0, 0.05) is 4.47 Å². The monoisotopic (exact) mass is 376 g/mol. The normalized spacial score (nSPS) is 11.4. The predicted octanol–water partition coefficient (Wildman–Crippen LogP) is 4.18. The van der Waals surface area contributed by atoms with Crippen molar-refractivity contribution in [3.8, 4) is 6.07 Å². The topological polar surface area (TPSA) is 62.1 Å². The number of hydrogen-bond donors (Lipinski definition) is 1. The number of anilines is 1. The second kappa shape index (κ2) is 7.75. The molecule has 0 heterocycles. The van der Waals surface area contributed by atoms with Crippen LogP contribution < -0.4 is 5.32 Å². The van der Waals surface area contributed by atoms with E-state index < -0.39 is 17.8 Å². The smallest absolute Gasteiger partial charge is 0.333 e. The van der Waals surface area contributed by atoms with Crippen molar-refractivity contribution < 1.29 is 13.9 Å². The van der Waals surface area contributed by atoms with Crippen LogP contribution in [0.5, 0.6) is 0 Å². The van der Waals surface area contributed by atoms with E-state index in [1.807, 2.05) is 0 Å². The van der Waals surface area contributed by atoms with Gasteiger partial charge < -0.3 is 10.1 Å². The van der Waals surface area contributed by atoms with Crippen LogP contribution in [-0.2, 0) is 9.53 Å². The maximum Gasteiger partial charge on any atom is 0.333 e. The first-order valence-electron chi connectivity index (χ1n) is 6.94. The molecule has 4 nitrogen and oxygen atoms in total. The first kappa shape index (κ1) is 17.0. The lowest BCUT2D eigenvalue weighted by Gasteiger charge is -2.20. The molecule has 118 valence electrons. The van der Waals surface area contributed by atoms with Crippen LogP contribution in [-0.4, -0.2) is 12.6 Å². The molecule has 23 heavy (non-hydrogen) atoms. The van der Waals surface area contributed by atoms with Crippen LogP contribution in [0.15, 0.2) is 46.9 Å². The molecule has 2 aromatic rings. The number of nitrogens with zero attached hydrogens (tertiary/aromatic N) is 1. The van der Waals surface area contributed by atoms with Crippen molar-refractivity contribution in [1.82, 2.24) is 0 Å². The highest BCUT2D eigenvalue weighted by atomic mass is 79.9. The molecule has 1 atom stereocenters. The van der Waals surface area contributed by atoms with Crippen LogP contribution in [0.4, 0.5) is 10.1 Å². The van der Waals surface area contributed by atoms with E-state index in [0.29, 0.717) is 21.3 Å². The Labute approximate surface area is 142 Å². The summed E-state index contributed by atoms with van der Waals surface area (Å²) in [6.07, 6.45) is 0. The fourth-order valence-electron chi connectivity index (χ4n) is 2.07. The quantitative estimate of drug-likeness (QED) is 0.795. The second-order valence-corrected chi connectivity index (χ2v) is 5.51. The number of benzene rings is 2. The Hall–Kier alpha value is -2.39. The van der Waals surface area contributed by atoms with E-state index in [1.54, 1.807) is 25.1 Å². The summed E-state index contributed by atoms with van der Waals surface area (Å²) in [4.78, 5) is 12.2. The molecule has 0 bridgehead atoms. The number of hydrogen-bond acceptors (Lipinski definition) is 4. The van der Waals surface area contributed by atoms with Crippen LogP contribution in [0.3, 0.4) is 0 Å². The zero-order chi connectivity index (χ0) is 16.8. The predicted molar refractivity (Wildman–Crippen MR) is 88.3 cm³/mol. The molecular formula is C17H14BrFN2O2. The zero-order valence-electron chi connectivity index (χ0n) is 12.3. The van der Waals surface area contributed by atoms with Crippen molar-refractivity contribution in [3.05, 3.63) is 63.9 Å². The van der Waals surface area contributed by atoms with Gasteiger partial charge in [-0.05, 0) is 52.7 Å². The molecule has 0 radical (unpaired) electrons. The van der Waals surface area contributed by atoms with Gasteiger partial charge in [0.15, 0.2) is 6.04 Å². The summed E-state index contributed by atoms with van der Waals surface area (Å²) in [7, 11) is 0. The molecule has 0 aromatic heterocycles. The third kappa shape index (κ3) is 4.08. The Bertz CT molecular complexity index is 741. The number of ether oxygens (including phenoxy) is 1. The van der Waals surface area contributed by atoms with Crippen LogP contribution >= 0.6 is 15.9 Å². The van der Waals surface area contributed by atoms with Crippen LogP contribution in [0.25, 0.3) is 0 Å². The van der Waals surface area contributed by atoms with Crippen molar-refractivity contribution in [2.24, 2.45) is 0 Å². The lowest BCUT2D eigenvalue weighted by Crippen LogP contribution is -2.24. The van der Waals surface area contributed by atoms with Gasteiger partial charge in [0.25, 0.3) is 0 Å². The van der Waals surface area contributed by atoms with Gasteiger partial charge in [-0.3, -0.25) is 0 Å². The van der Waals surface area contributed by atoms with Gasteiger partial charge in [-0.15, -0.1) is 0 Å². The van der Waals surface area contributed by atoms with Gasteiger partial charge in [-0.2, -0.15) is 5.26 Å². The molecule has 2 aromatic carbocycles. The minimum absolute atomic E-state index is 0.224. The number of nitrogens with one attached hydrogen (secondary N) is 1. The molecule has 0 fully saturated rings. The molecule has 1 N–H and O–H groups in total. The molecular weight excluding hydrogens is 363 g/mol. The zero-order valence-corrected chi connectivity index (χ0v) is 13.9. The van der Waals surface area contributed by atoms with Crippen molar-refractivity contribution in [3.63, 3.8) is 0 Å². The fraction of sp³-hybridized carbons (Fsp3) is 0.176. The van der Waals surface area contributed by atoms with Crippen molar-refractivity contribution in [2.75, 3.05) is 11.9 Å². The number of rotatable bonds is 5. The molecule has 0 spiro atoms. The Morgan fingerprint density at radius 2 is 2.04 bits per heavy atom. The van der Waals surface area contributed by atoms with E-state index in [-0.39, 0.29) is 6.61 Å². The number of carbonyl (C=O) groups is 1. The molecule has 0 aliphatic carbocycles. The summed E-state index contributed by atoms with van der Waals surface area (Å²) in [6, 6.07) is 12.0. The molecule has 0 saturated carbocycles. The number of carbonyl (C=O) groups excluding carboxylic acids is 1. The molecule has 0 saturated heterocycles. The van der Waals surface area contributed by atoms with E-state index in [9.17, 15) is 14.4 Å². The molecule has 0 aliphatic heterocycles. The third-order valence-electron chi connectivity index (χ3n) is 3.15. The molecule has 0 amide bonds. The number of esters is 1. The second-order valence-electron chi connectivity index (χ2n) is 4.66. The maximum atomic E-state index is 13.1. The standard InChI is InChI=1S/C17H14BrFN2O2/c1-2-23-17(22)16(11-6-8-12(19)9-7-11)21-15-5-3-4-14(18)13(15)10-20/h3-9,16,21H,2H2,1H3. The third-order valence-corrected chi connectivity index (χ3v) is 3.81. The minimum atomic E-state index is -0.836. The van der Waals surface area contributed by atoms with Crippen molar-refractivity contribution >= 4 is 27.6 Å². The van der Waals surface area contributed by atoms with Crippen LogP contribution in [0.1, 0.15) is 24.1 Å². The highest BCUT2D eigenvalue weighted by molar-refractivity contribution is 9.10. The average Bonchev–Trinajstić information content (AvgIpc) is 2.54. The van der Waals surface area contributed by atoms with E-state index in [4.69, 9.17) is 4.74 Å². The van der Waals surface area contributed by atoms with Gasteiger partial charge in [0.2, 0.25) is 0 Å². The van der Waals surface area contributed by atoms with Gasteiger partial charge in [0.1, 0.15) is 11.9 Å². The summed E-state index contributed by atoms with van der Waals surface area (Å²) in [6.45, 7) is 1.93. The first-order chi connectivity index (χ1) is 11.1. The van der Waals surface area contributed by atoms with Crippen molar-refractivity contribution in [2.45, 2.75) is 13.0 Å². The summed E-state index contributed by atoms with van der Waals surface area (Å²) < 4.78 is 18.8. The molecule has 6 heteroatoms. The van der Waals surface area contributed by atoms with E-state index in [1.165, 1.54) is 24.3 Å². The Morgan fingerprint density at radius 3 is 2.65 bits per heavy atom. The summed E-state index contributed by atoms with van der Waals surface area (Å²) in [5, 5.41) is 12.3. The Morgan fingerprint density at radius 1 is 1.35 bits per heavy atom. The van der Waals surface area contributed by atoms with Gasteiger partial charge in [-0.1, -0.05) is 18.2 Å². The van der Waals surface area contributed by atoms with E-state index >= 15 is 0 Å². The average molecular weight is 377 g/mol. The maximum absolute atomic E-state index is 13.1. The van der Waals surface area contributed by atoms with Gasteiger partial charge >= 0.3 is 5.97 Å². The summed E-state index contributed by atoms with van der Waals surface area (Å²) in [5.74, 6) is -0.889. The molecule has 2 rings (SSSR count). The van der Waals surface area contributed by atoms with Crippen LogP contribution in [0.2, 0.25) is 0 Å². The van der Waals surface area contributed by atoms with Gasteiger partial charge in [0.05, 0.1) is 17.9 Å². The first-order valence-corrected chi connectivity index (χ1v) is 7.73. The molecule has 1 unspecified atom stereocenters. The highest BCUT2D eigenvalue weighted by Gasteiger charge is 2.23. The summed E-state index contributed by atoms with van der Waals surface area (Å²) >= 11 is 3.30. The minimum Gasteiger partial charge on any atom is -0.464 e. The Balaban J connectivity index is 2.39. The molecule has 0 aliphatic rings. The largest absolute Gasteiger partial charge is 0.464 e.